The van der Waals surface area contributed by atoms with Gasteiger partial charge in [-0.25, -0.2) is 4.79 Å². The van der Waals surface area contributed by atoms with Gasteiger partial charge in [-0.15, -0.1) is 0 Å². The summed E-state index contributed by atoms with van der Waals surface area (Å²) in [5, 5.41) is 0. The van der Waals surface area contributed by atoms with Crippen molar-refractivity contribution in [2.75, 3.05) is 0 Å². The summed E-state index contributed by atoms with van der Waals surface area (Å²) in [6, 6.07) is 13.5. The Balaban J connectivity index is 2.66. The maximum Gasteiger partial charge on any atom is 0.457 e. The Morgan fingerprint density at radius 1 is 0.679 bits per heavy atom. The van der Waals surface area contributed by atoms with Gasteiger partial charge in [0.25, 0.3) is 5.60 Å². The van der Waals surface area contributed by atoms with Crippen molar-refractivity contribution in [2.24, 2.45) is 0 Å². The van der Waals surface area contributed by atoms with E-state index in [0.29, 0.717) is 0 Å². The number of carbonyl (C=O) groups is 1. The molecule has 8 heteroatoms. The molecule has 0 radical (unpaired) electrons. The van der Waals surface area contributed by atoms with Crippen molar-refractivity contribution in [3.05, 3.63) is 71.8 Å². The minimum atomic E-state index is -5.04. The molecule has 0 N–H and O–H groups in total. The van der Waals surface area contributed by atoms with Gasteiger partial charge in [0.05, 0.1) is 5.56 Å². The van der Waals surface area contributed by atoms with E-state index < -0.39 is 23.9 Å². The first kappa shape index (κ1) is 20.9. The van der Waals surface area contributed by atoms with Crippen molar-refractivity contribution < 1.29 is 35.9 Å². The fraction of sp³-hybridized carbons (Fsp3) is 0.150. The van der Waals surface area contributed by atoms with E-state index in [0.717, 1.165) is 24.0 Å². The molecule has 2 rings (SSSR count). The van der Waals surface area contributed by atoms with Crippen molar-refractivity contribution in [3.63, 3.8) is 0 Å². The summed E-state index contributed by atoms with van der Waals surface area (Å²) in [5.41, 5.74) is -3.13. The van der Waals surface area contributed by atoms with Gasteiger partial charge in [0, 0.05) is 17.4 Å². The Morgan fingerprint density at radius 2 is 1.11 bits per heavy atom. The highest BCUT2D eigenvalue weighted by atomic mass is 19.4. The smallest absolute Gasteiger partial charge is 0.426 e. The van der Waals surface area contributed by atoms with Gasteiger partial charge in [-0.3, -0.25) is 0 Å². The maximum atomic E-state index is 12.7. The van der Waals surface area contributed by atoms with Crippen LogP contribution in [-0.2, 0) is 10.3 Å². The van der Waals surface area contributed by atoms with Crippen molar-refractivity contribution in [3.8, 4) is 23.7 Å². The Hall–Kier alpha value is -3.39. The molecule has 2 nitrogen and oxygen atoms in total. The van der Waals surface area contributed by atoms with Gasteiger partial charge in [-0.05, 0) is 24.0 Å². The van der Waals surface area contributed by atoms with Gasteiger partial charge >= 0.3 is 18.3 Å². The molecule has 2 aromatic rings. The van der Waals surface area contributed by atoms with Gasteiger partial charge in [-0.1, -0.05) is 48.5 Å². The van der Waals surface area contributed by atoms with Crippen LogP contribution in [0.2, 0.25) is 0 Å². The summed E-state index contributed by atoms with van der Waals surface area (Å²) >= 11 is 0. The lowest BCUT2D eigenvalue weighted by molar-refractivity contribution is -0.0704. The number of carbonyl (C=O) groups excluding carboxylic acids is 1. The zero-order valence-electron chi connectivity index (χ0n) is 13.9. The lowest BCUT2D eigenvalue weighted by atomic mass is 9.94. The molecule has 0 fully saturated rings. The predicted molar refractivity (Wildman–Crippen MR) is 87.6 cm³/mol. The molecule has 0 spiro atoms. The summed E-state index contributed by atoms with van der Waals surface area (Å²) in [6.45, 7) is 0. The zero-order chi connectivity index (χ0) is 20.8. The van der Waals surface area contributed by atoms with E-state index >= 15 is 0 Å². The average molecular weight is 396 g/mol. The SMILES string of the molecule is O=C(OC(C#CC(F)(F)F)(C#CC(F)(F)F)c1ccccc1)c1ccccc1. The lowest BCUT2D eigenvalue weighted by Gasteiger charge is -2.24. The molecule has 0 saturated carbocycles. The fourth-order valence-electron chi connectivity index (χ4n) is 2.05. The Labute approximate surface area is 156 Å². The van der Waals surface area contributed by atoms with E-state index in [1.54, 1.807) is 17.9 Å². The molecule has 144 valence electrons. The second-order valence-corrected chi connectivity index (χ2v) is 5.30. The monoisotopic (exact) mass is 396 g/mol. The van der Waals surface area contributed by atoms with Crippen LogP contribution in [-0.4, -0.2) is 18.3 Å². The standard InChI is InChI=1S/C20H10F6O2/c21-19(22,23)13-11-18(12-14-20(24,25)26,16-9-5-2-6-10-16)28-17(27)15-7-3-1-4-8-15/h1-10H. The average Bonchev–Trinajstić information content (AvgIpc) is 2.64. The number of alkyl halides is 6. The number of benzene rings is 2. The molecule has 0 atom stereocenters. The summed E-state index contributed by atoms with van der Waals surface area (Å²) < 4.78 is 80.9. The fourth-order valence-corrected chi connectivity index (χ4v) is 2.05. The molecule has 0 saturated heterocycles. The van der Waals surface area contributed by atoms with Gasteiger partial charge < -0.3 is 4.74 Å². The van der Waals surface area contributed by atoms with Crippen molar-refractivity contribution in [1.82, 2.24) is 0 Å². The summed E-state index contributed by atoms with van der Waals surface area (Å²) in [6.07, 6.45) is -10.1. The first-order chi connectivity index (χ1) is 13.0. The molecule has 0 amide bonds. The van der Waals surface area contributed by atoms with Crippen LogP contribution in [0.4, 0.5) is 26.3 Å². The van der Waals surface area contributed by atoms with Crippen molar-refractivity contribution in [1.29, 1.82) is 0 Å². The number of rotatable bonds is 3. The first-order valence-electron chi connectivity index (χ1n) is 7.57. The molecule has 0 aliphatic heterocycles. The van der Waals surface area contributed by atoms with E-state index in [-0.39, 0.29) is 11.1 Å². The second-order valence-electron chi connectivity index (χ2n) is 5.30. The van der Waals surface area contributed by atoms with Crippen molar-refractivity contribution >= 4 is 5.97 Å². The van der Waals surface area contributed by atoms with Crippen LogP contribution in [0.15, 0.2) is 60.7 Å². The highest BCUT2D eigenvalue weighted by Crippen LogP contribution is 2.28. The van der Waals surface area contributed by atoms with Crippen LogP contribution >= 0.6 is 0 Å². The molecule has 28 heavy (non-hydrogen) atoms. The molecule has 0 heterocycles. The quantitative estimate of drug-likeness (QED) is 0.420. The number of halogens is 6. The van der Waals surface area contributed by atoms with E-state index in [4.69, 9.17) is 4.74 Å². The van der Waals surface area contributed by atoms with Crippen LogP contribution in [0.5, 0.6) is 0 Å². The largest absolute Gasteiger partial charge is 0.457 e. The van der Waals surface area contributed by atoms with E-state index in [1.165, 1.54) is 42.5 Å². The third-order valence-corrected chi connectivity index (χ3v) is 3.20. The Kier molecular flexibility index (Phi) is 6.05. The topological polar surface area (TPSA) is 26.3 Å². The molecular weight excluding hydrogens is 386 g/mol. The van der Waals surface area contributed by atoms with Gasteiger partial charge in [0.2, 0.25) is 0 Å². The first-order valence-corrected chi connectivity index (χ1v) is 7.57. The van der Waals surface area contributed by atoms with Crippen LogP contribution in [0.1, 0.15) is 15.9 Å². The molecule has 0 aliphatic rings. The molecule has 0 aliphatic carbocycles. The number of esters is 1. The van der Waals surface area contributed by atoms with Gasteiger partial charge in [0.15, 0.2) is 0 Å². The summed E-state index contributed by atoms with van der Waals surface area (Å²) in [5.74, 6) is 3.67. The van der Waals surface area contributed by atoms with E-state index in [2.05, 4.69) is 0 Å². The van der Waals surface area contributed by atoms with E-state index in [1.807, 2.05) is 0 Å². The predicted octanol–water partition coefficient (Wildman–Crippen LogP) is 4.87. The van der Waals surface area contributed by atoms with E-state index in [9.17, 15) is 31.1 Å². The minimum absolute atomic E-state index is 0.0922. The van der Waals surface area contributed by atoms with Gasteiger partial charge in [-0.2, -0.15) is 26.3 Å². The Morgan fingerprint density at radius 3 is 1.54 bits per heavy atom. The lowest BCUT2D eigenvalue weighted by Crippen LogP contribution is -2.31. The number of ether oxygens (including phenoxy) is 1. The zero-order valence-corrected chi connectivity index (χ0v) is 13.9. The second kappa shape index (κ2) is 8.10. The van der Waals surface area contributed by atoms with Crippen LogP contribution < -0.4 is 0 Å². The number of hydrogen-bond donors (Lipinski definition) is 0. The van der Waals surface area contributed by atoms with Gasteiger partial charge in [0.1, 0.15) is 0 Å². The molecule has 0 bridgehead atoms. The highest BCUT2D eigenvalue weighted by molar-refractivity contribution is 5.90. The third-order valence-electron chi connectivity index (χ3n) is 3.20. The highest BCUT2D eigenvalue weighted by Gasteiger charge is 2.37. The number of hydrogen-bond acceptors (Lipinski definition) is 2. The third kappa shape index (κ3) is 6.10. The van der Waals surface area contributed by atoms with Crippen LogP contribution in [0.25, 0.3) is 0 Å². The Bertz CT molecular complexity index is 907. The van der Waals surface area contributed by atoms with Crippen LogP contribution in [0.3, 0.4) is 0 Å². The minimum Gasteiger partial charge on any atom is -0.426 e. The normalized spacial score (nSPS) is 11.5. The van der Waals surface area contributed by atoms with Crippen LogP contribution in [0, 0.1) is 23.7 Å². The summed E-state index contributed by atoms with van der Waals surface area (Å²) in [4.78, 5) is 12.4. The molecular formula is C20H10F6O2. The van der Waals surface area contributed by atoms with Crippen molar-refractivity contribution in [2.45, 2.75) is 18.0 Å². The molecule has 2 aromatic carbocycles. The summed E-state index contributed by atoms with van der Waals surface area (Å²) in [7, 11) is 0. The molecule has 0 unspecified atom stereocenters. The maximum absolute atomic E-state index is 12.7. The molecule has 0 aromatic heterocycles.